The number of nitrogens with one attached hydrogen (secondary N) is 2. The molecule has 1 amide bonds. The Balaban J connectivity index is 1.71. The molecule has 4 rings (SSSR count). The number of anilines is 3. The number of aliphatic imine (C=N–C) groups is 1. The van der Waals surface area contributed by atoms with Crippen LogP contribution in [0.1, 0.15) is 41.3 Å². The van der Waals surface area contributed by atoms with Gasteiger partial charge in [0.15, 0.2) is 0 Å². The average Bonchev–Trinajstić information content (AvgIpc) is 2.82. The normalized spacial score (nSPS) is 13.8. The van der Waals surface area contributed by atoms with Crippen molar-refractivity contribution < 1.29 is 18.0 Å². The van der Waals surface area contributed by atoms with Gasteiger partial charge < -0.3 is 10.6 Å². The number of benzene rings is 2. The number of carbonyl (C=O) groups is 1. The van der Waals surface area contributed by atoms with Gasteiger partial charge in [0, 0.05) is 34.2 Å². The molecule has 0 bridgehead atoms. The number of pyridine rings is 1. The van der Waals surface area contributed by atoms with Gasteiger partial charge in [-0.25, -0.2) is 4.98 Å². The van der Waals surface area contributed by atoms with Gasteiger partial charge in [0.2, 0.25) is 0 Å². The van der Waals surface area contributed by atoms with Gasteiger partial charge in [-0.05, 0) is 74.4 Å². The molecule has 0 saturated heterocycles. The maximum Gasteiger partial charge on any atom is 0.418 e. The molecule has 0 unspecified atom stereocenters. The number of hydrogen-bond acceptors (Lipinski definition) is 4. The molecule has 1 aliphatic heterocycles. The van der Waals surface area contributed by atoms with Crippen LogP contribution in [0.2, 0.25) is 5.02 Å². The first-order valence-corrected chi connectivity index (χ1v) is 11.5. The third-order valence-corrected chi connectivity index (χ3v) is 5.65. The minimum atomic E-state index is -4.66. The fraction of sp³-hybridized carbons (Fsp3) is 0.148. The molecule has 9 heteroatoms. The predicted molar refractivity (Wildman–Crippen MR) is 137 cm³/mol. The maximum absolute atomic E-state index is 13.9. The van der Waals surface area contributed by atoms with Crippen LogP contribution < -0.4 is 10.6 Å². The number of hydrogen-bond donors (Lipinski definition) is 2. The van der Waals surface area contributed by atoms with Gasteiger partial charge in [0.05, 0.1) is 17.0 Å². The number of aromatic nitrogens is 1. The van der Waals surface area contributed by atoms with Crippen molar-refractivity contribution in [1.82, 2.24) is 4.98 Å². The van der Waals surface area contributed by atoms with Crippen molar-refractivity contribution in [2.75, 3.05) is 10.6 Å². The molecular weight excluding hydrogens is 489 g/mol. The molecule has 0 aliphatic carbocycles. The highest BCUT2D eigenvalue weighted by atomic mass is 35.5. The summed E-state index contributed by atoms with van der Waals surface area (Å²) in [6.45, 7) is 1.97. The Bertz CT molecular complexity index is 1380. The SMILES string of the molecule is CC1=CN=C(c2cccnc2Nc2cc(C(=O)Nc3cccc(Cl)c3)ccc2C(F)(F)F)C=CCC1. The standard InChI is InChI=1S/C27H22ClF3N4O/c1-17-6-2-3-10-23(33-16-17)21-9-5-13-32-25(21)35-24-14-18(11-12-22(24)27(29,30)31)26(36)34-20-8-4-7-19(28)15-20/h3-5,7-16H,2,6H2,1H3,(H,32,35)(H,34,36). The van der Waals surface area contributed by atoms with Crippen LogP contribution in [0.4, 0.5) is 30.4 Å². The number of halogens is 4. The molecule has 5 nitrogen and oxygen atoms in total. The summed E-state index contributed by atoms with van der Waals surface area (Å²) in [7, 11) is 0. The molecule has 36 heavy (non-hydrogen) atoms. The highest BCUT2D eigenvalue weighted by Gasteiger charge is 2.34. The molecule has 184 valence electrons. The van der Waals surface area contributed by atoms with E-state index in [0.29, 0.717) is 22.0 Å². The van der Waals surface area contributed by atoms with E-state index < -0.39 is 17.6 Å². The topological polar surface area (TPSA) is 66.4 Å². The van der Waals surface area contributed by atoms with Crippen molar-refractivity contribution in [1.29, 1.82) is 0 Å². The molecule has 0 spiro atoms. The smallest absolute Gasteiger partial charge is 0.339 e. The summed E-state index contributed by atoms with van der Waals surface area (Å²) >= 11 is 5.96. The van der Waals surface area contributed by atoms with Gasteiger partial charge in [-0.2, -0.15) is 13.2 Å². The van der Waals surface area contributed by atoms with Gasteiger partial charge in [-0.15, -0.1) is 0 Å². The first-order chi connectivity index (χ1) is 17.2. The lowest BCUT2D eigenvalue weighted by Gasteiger charge is -2.17. The molecule has 2 aromatic carbocycles. The van der Waals surface area contributed by atoms with Crippen molar-refractivity contribution >= 4 is 40.4 Å². The number of alkyl halides is 3. The van der Waals surface area contributed by atoms with Crippen molar-refractivity contribution in [3.63, 3.8) is 0 Å². The average molecular weight is 511 g/mol. The number of amides is 1. The van der Waals surface area contributed by atoms with E-state index >= 15 is 0 Å². The molecule has 0 atom stereocenters. The molecule has 0 radical (unpaired) electrons. The zero-order valence-corrected chi connectivity index (χ0v) is 20.0. The van der Waals surface area contributed by atoms with Gasteiger partial charge in [-0.3, -0.25) is 9.79 Å². The van der Waals surface area contributed by atoms with Crippen LogP contribution in [0.3, 0.4) is 0 Å². The molecule has 1 aromatic heterocycles. The van der Waals surface area contributed by atoms with Crippen LogP contribution in [0.25, 0.3) is 0 Å². The summed E-state index contributed by atoms with van der Waals surface area (Å²) in [5.74, 6) is -0.395. The van der Waals surface area contributed by atoms with Crippen LogP contribution in [0.15, 0.2) is 89.7 Å². The van der Waals surface area contributed by atoms with Crippen LogP contribution >= 0.6 is 11.6 Å². The number of nitrogens with zero attached hydrogens (tertiary/aromatic N) is 2. The second-order valence-electron chi connectivity index (χ2n) is 8.18. The molecule has 1 aliphatic rings. The van der Waals surface area contributed by atoms with E-state index in [1.165, 1.54) is 6.20 Å². The molecule has 0 fully saturated rings. The van der Waals surface area contributed by atoms with E-state index in [1.54, 1.807) is 42.6 Å². The minimum Gasteiger partial charge on any atom is -0.339 e. The van der Waals surface area contributed by atoms with Crippen LogP contribution in [-0.4, -0.2) is 16.6 Å². The monoisotopic (exact) mass is 510 g/mol. The van der Waals surface area contributed by atoms with E-state index in [9.17, 15) is 18.0 Å². The fourth-order valence-corrected chi connectivity index (χ4v) is 3.79. The highest BCUT2D eigenvalue weighted by Crippen LogP contribution is 2.37. The highest BCUT2D eigenvalue weighted by molar-refractivity contribution is 6.31. The number of carbonyl (C=O) groups excluding carboxylic acids is 1. The Kier molecular flexibility index (Phi) is 7.55. The molecule has 2 heterocycles. The number of rotatable bonds is 5. The lowest BCUT2D eigenvalue weighted by molar-refractivity contribution is -0.136. The molecular formula is C27H22ClF3N4O. The summed E-state index contributed by atoms with van der Waals surface area (Å²) < 4.78 is 41.6. The Hall–Kier alpha value is -3.91. The Morgan fingerprint density at radius 1 is 1.08 bits per heavy atom. The summed E-state index contributed by atoms with van der Waals surface area (Å²) in [5, 5.41) is 5.86. The first-order valence-electron chi connectivity index (χ1n) is 11.1. The Morgan fingerprint density at radius 3 is 2.69 bits per heavy atom. The van der Waals surface area contributed by atoms with E-state index in [4.69, 9.17) is 11.6 Å². The summed E-state index contributed by atoms with van der Waals surface area (Å²) in [4.78, 5) is 21.6. The summed E-state index contributed by atoms with van der Waals surface area (Å²) in [6, 6.07) is 13.0. The van der Waals surface area contributed by atoms with Crippen molar-refractivity contribution in [3.8, 4) is 0 Å². The quantitative estimate of drug-likeness (QED) is 0.368. The Morgan fingerprint density at radius 2 is 1.92 bits per heavy atom. The van der Waals surface area contributed by atoms with E-state index in [2.05, 4.69) is 20.6 Å². The second kappa shape index (κ2) is 10.8. The van der Waals surface area contributed by atoms with Gasteiger partial charge in [0.25, 0.3) is 5.91 Å². The first kappa shape index (κ1) is 25.2. The minimum absolute atomic E-state index is 0.0321. The van der Waals surface area contributed by atoms with E-state index in [0.717, 1.165) is 36.6 Å². The summed E-state index contributed by atoms with van der Waals surface area (Å²) in [6.07, 6.45) is 4.06. The second-order valence-corrected chi connectivity index (χ2v) is 8.61. The van der Waals surface area contributed by atoms with Gasteiger partial charge in [0.1, 0.15) is 5.82 Å². The van der Waals surface area contributed by atoms with E-state index in [1.807, 2.05) is 19.1 Å². The van der Waals surface area contributed by atoms with E-state index in [-0.39, 0.29) is 17.1 Å². The largest absolute Gasteiger partial charge is 0.418 e. The molecule has 2 N–H and O–H groups in total. The summed E-state index contributed by atoms with van der Waals surface area (Å²) in [5.41, 5.74) is 1.41. The van der Waals surface area contributed by atoms with Crippen LogP contribution in [0, 0.1) is 0 Å². The van der Waals surface area contributed by atoms with Crippen molar-refractivity contribution in [3.05, 3.63) is 106 Å². The zero-order valence-electron chi connectivity index (χ0n) is 19.2. The van der Waals surface area contributed by atoms with Gasteiger partial charge >= 0.3 is 6.18 Å². The third-order valence-electron chi connectivity index (χ3n) is 5.41. The van der Waals surface area contributed by atoms with Crippen molar-refractivity contribution in [2.24, 2.45) is 4.99 Å². The maximum atomic E-state index is 13.9. The van der Waals surface area contributed by atoms with Gasteiger partial charge in [-0.1, -0.05) is 29.3 Å². The zero-order chi connectivity index (χ0) is 25.7. The lowest BCUT2D eigenvalue weighted by Crippen LogP contribution is -2.15. The van der Waals surface area contributed by atoms with Crippen molar-refractivity contribution in [2.45, 2.75) is 25.9 Å². The fourth-order valence-electron chi connectivity index (χ4n) is 3.60. The molecule has 0 saturated carbocycles. The third kappa shape index (κ3) is 6.20. The lowest BCUT2D eigenvalue weighted by atomic mass is 10.1. The predicted octanol–water partition coefficient (Wildman–Crippen LogP) is 7.79. The number of allylic oxidation sites excluding steroid dienone is 3. The Labute approximate surface area is 211 Å². The van der Waals surface area contributed by atoms with Crippen LogP contribution in [0.5, 0.6) is 0 Å². The molecule has 3 aromatic rings. The van der Waals surface area contributed by atoms with Crippen LogP contribution in [-0.2, 0) is 6.18 Å².